The highest BCUT2D eigenvalue weighted by Crippen LogP contribution is 2.24. The molecule has 0 atom stereocenters. The van der Waals surface area contributed by atoms with Crippen LogP contribution in [0.4, 0.5) is 0 Å². The fourth-order valence-electron chi connectivity index (χ4n) is 2.34. The molecule has 0 aliphatic carbocycles. The minimum Gasteiger partial charge on any atom is -0.458 e. The van der Waals surface area contributed by atoms with Gasteiger partial charge < -0.3 is 4.74 Å². The average molecular weight is 355 g/mol. The summed E-state index contributed by atoms with van der Waals surface area (Å²) < 4.78 is 34.8. The van der Waals surface area contributed by atoms with Gasteiger partial charge >= 0.3 is 16.1 Å². The molecule has 0 fully saturated rings. The van der Waals surface area contributed by atoms with Crippen molar-refractivity contribution in [2.24, 2.45) is 11.1 Å². The Balaban J connectivity index is 3.20. The molecule has 0 radical (unpaired) electrons. The van der Waals surface area contributed by atoms with E-state index in [0.29, 0.717) is 11.1 Å². The van der Waals surface area contributed by atoms with E-state index < -0.39 is 16.1 Å². The first-order valence-electron chi connectivity index (χ1n) is 7.76. The van der Waals surface area contributed by atoms with Crippen LogP contribution in [0.25, 0.3) is 0 Å². The highest BCUT2D eigenvalue weighted by Gasteiger charge is 2.25. The Hall–Kier alpha value is -1.89. The van der Waals surface area contributed by atoms with Crippen molar-refractivity contribution in [2.75, 3.05) is 0 Å². The van der Waals surface area contributed by atoms with E-state index in [4.69, 9.17) is 9.02 Å². The van der Waals surface area contributed by atoms with E-state index in [1.165, 1.54) is 0 Å². The second kappa shape index (κ2) is 7.79. The molecule has 24 heavy (non-hydrogen) atoms. The summed E-state index contributed by atoms with van der Waals surface area (Å²) in [6.07, 6.45) is -0.334. The number of hydrogen-bond donors (Lipinski definition) is 0. The lowest BCUT2D eigenvalue weighted by molar-refractivity contribution is -0.139. The third-order valence-electron chi connectivity index (χ3n) is 3.19. The minimum atomic E-state index is -4.12. The van der Waals surface area contributed by atoms with Crippen LogP contribution in [-0.4, -0.2) is 26.2 Å². The summed E-state index contributed by atoms with van der Waals surface area (Å²) >= 11 is 0. The van der Waals surface area contributed by atoms with Gasteiger partial charge in [-0.25, -0.2) is 4.79 Å². The predicted octanol–water partition coefficient (Wildman–Crippen LogP) is 3.28. The van der Waals surface area contributed by atoms with Crippen LogP contribution in [0.1, 0.15) is 44.4 Å². The predicted molar refractivity (Wildman–Crippen MR) is 92.4 cm³/mol. The van der Waals surface area contributed by atoms with E-state index in [0.717, 1.165) is 5.56 Å². The van der Waals surface area contributed by atoms with Crippen LogP contribution in [0, 0.1) is 26.7 Å². The van der Waals surface area contributed by atoms with E-state index in [1.54, 1.807) is 53.7 Å². The van der Waals surface area contributed by atoms with E-state index in [9.17, 15) is 13.2 Å². The Kier molecular flexibility index (Phi) is 6.54. The first-order chi connectivity index (χ1) is 11.0. The molecule has 0 aliphatic heterocycles. The number of aryl methyl sites for hydroxylation is 3. The maximum absolute atomic E-state index is 12.5. The molecule has 7 heteroatoms. The zero-order valence-corrected chi connectivity index (χ0v) is 16.0. The molecule has 0 saturated carbocycles. The highest BCUT2D eigenvalue weighted by atomic mass is 32.2. The van der Waals surface area contributed by atoms with Crippen molar-refractivity contribution in [1.82, 2.24) is 0 Å². The molecule has 6 nitrogen and oxygen atoms in total. The lowest BCUT2D eigenvalue weighted by Crippen LogP contribution is -2.26. The molecular weight excluding hydrogens is 330 g/mol. The van der Waals surface area contributed by atoms with Crippen LogP contribution in [0.3, 0.4) is 0 Å². The lowest BCUT2D eigenvalue weighted by atomic mass is 10.1. The number of oxime groups is 1. The fourth-order valence-corrected chi connectivity index (χ4v) is 3.50. The number of esters is 1. The van der Waals surface area contributed by atoms with Crippen molar-refractivity contribution < 1.29 is 22.2 Å². The van der Waals surface area contributed by atoms with Crippen molar-refractivity contribution in [3.8, 4) is 0 Å². The van der Waals surface area contributed by atoms with Gasteiger partial charge in [0.05, 0.1) is 6.10 Å². The summed E-state index contributed by atoms with van der Waals surface area (Å²) in [5.74, 6) is -1.03. The summed E-state index contributed by atoms with van der Waals surface area (Å²) in [4.78, 5) is 12.1. The van der Waals surface area contributed by atoms with Crippen LogP contribution < -0.4 is 0 Å². The Morgan fingerprint density at radius 1 is 1.04 bits per heavy atom. The molecule has 0 saturated heterocycles. The number of rotatable bonds is 6. The molecule has 0 bridgehead atoms. The molecule has 0 unspecified atom stereocenters. The second-order valence-electron chi connectivity index (χ2n) is 6.34. The number of hydrogen-bond acceptors (Lipinski definition) is 6. The molecule has 0 N–H and O–H groups in total. The number of nitrogens with zero attached hydrogens (tertiary/aromatic N) is 1. The standard InChI is InChI=1S/C17H25NO5S/c1-10(2)15(17(19)22-11(3)4)18-23-24(20,21)16-13(6)8-12(5)9-14(16)7/h8-11H,1-7H3/b18-15-. The Bertz CT molecular complexity index is 725. The van der Waals surface area contributed by atoms with Crippen molar-refractivity contribution in [3.63, 3.8) is 0 Å². The van der Waals surface area contributed by atoms with Crippen molar-refractivity contribution >= 4 is 21.8 Å². The summed E-state index contributed by atoms with van der Waals surface area (Å²) in [6, 6.07) is 3.51. The summed E-state index contributed by atoms with van der Waals surface area (Å²) in [5, 5.41) is 3.58. The number of ether oxygens (including phenoxy) is 1. The van der Waals surface area contributed by atoms with Gasteiger partial charge in [0.1, 0.15) is 4.90 Å². The Morgan fingerprint density at radius 2 is 1.54 bits per heavy atom. The number of benzene rings is 1. The van der Waals surface area contributed by atoms with Crippen LogP contribution in [0.5, 0.6) is 0 Å². The van der Waals surface area contributed by atoms with Gasteiger partial charge in [0.25, 0.3) is 0 Å². The molecule has 0 aromatic heterocycles. The summed E-state index contributed by atoms with van der Waals surface area (Å²) in [7, 11) is -4.12. The first kappa shape index (κ1) is 20.2. The van der Waals surface area contributed by atoms with E-state index in [2.05, 4.69) is 5.16 Å². The van der Waals surface area contributed by atoms with Gasteiger partial charge in [0.2, 0.25) is 0 Å². The maximum Gasteiger partial charge on any atom is 0.359 e. The van der Waals surface area contributed by atoms with E-state index in [1.807, 2.05) is 6.92 Å². The van der Waals surface area contributed by atoms with Crippen LogP contribution >= 0.6 is 0 Å². The van der Waals surface area contributed by atoms with Crippen molar-refractivity contribution in [2.45, 2.75) is 59.5 Å². The molecule has 134 valence electrons. The molecule has 0 heterocycles. The largest absolute Gasteiger partial charge is 0.458 e. The van der Waals surface area contributed by atoms with Gasteiger partial charge in [-0.2, -0.15) is 8.42 Å². The zero-order valence-electron chi connectivity index (χ0n) is 15.2. The second-order valence-corrected chi connectivity index (χ2v) is 7.81. The fraction of sp³-hybridized carbons (Fsp3) is 0.529. The molecule has 1 rings (SSSR count). The first-order valence-corrected chi connectivity index (χ1v) is 9.17. The maximum atomic E-state index is 12.5. The molecule has 0 spiro atoms. The third-order valence-corrected chi connectivity index (χ3v) is 4.60. The van der Waals surface area contributed by atoms with Crippen LogP contribution in [0.15, 0.2) is 22.2 Å². The van der Waals surface area contributed by atoms with Crippen molar-refractivity contribution in [3.05, 3.63) is 28.8 Å². The number of carbonyl (C=O) groups is 1. The molecular formula is C17H25NO5S. The van der Waals surface area contributed by atoms with Crippen molar-refractivity contribution in [1.29, 1.82) is 0 Å². The molecule has 0 amide bonds. The van der Waals surface area contributed by atoms with Gasteiger partial charge in [-0.1, -0.05) is 36.7 Å². The molecule has 1 aromatic rings. The topological polar surface area (TPSA) is 82.0 Å². The Labute approximate surface area is 144 Å². The summed E-state index contributed by atoms with van der Waals surface area (Å²) in [5.41, 5.74) is 2.02. The van der Waals surface area contributed by atoms with Gasteiger partial charge in [-0.05, 0) is 45.7 Å². The van der Waals surface area contributed by atoms with Crippen LogP contribution in [-0.2, 0) is 23.9 Å². The van der Waals surface area contributed by atoms with Gasteiger partial charge in [0, 0.05) is 5.92 Å². The van der Waals surface area contributed by atoms with Gasteiger partial charge in [0.15, 0.2) is 5.71 Å². The normalized spacial score (nSPS) is 12.6. The molecule has 0 aliphatic rings. The van der Waals surface area contributed by atoms with Gasteiger partial charge in [-0.15, -0.1) is 0 Å². The Morgan fingerprint density at radius 3 is 1.96 bits per heavy atom. The van der Waals surface area contributed by atoms with E-state index >= 15 is 0 Å². The smallest absolute Gasteiger partial charge is 0.359 e. The SMILES string of the molecule is Cc1cc(C)c(S(=O)(=O)O/N=C(\C(=O)OC(C)C)C(C)C)c(C)c1. The van der Waals surface area contributed by atoms with Crippen LogP contribution in [0.2, 0.25) is 0 Å². The van der Waals surface area contributed by atoms with E-state index in [-0.39, 0.29) is 22.6 Å². The minimum absolute atomic E-state index is 0.0668. The zero-order chi connectivity index (χ0) is 18.7. The lowest BCUT2D eigenvalue weighted by Gasteiger charge is -2.13. The highest BCUT2D eigenvalue weighted by molar-refractivity contribution is 7.86. The third kappa shape index (κ3) is 5.06. The quantitative estimate of drug-likeness (QED) is 0.444. The number of carbonyl (C=O) groups excluding carboxylic acids is 1. The molecule has 1 aromatic carbocycles. The van der Waals surface area contributed by atoms with Gasteiger partial charge in [-0.3, -0.25) is 4.28 Å². The summed E-state index contributed by atoms with van der Waals surface area (Å²) in [6.45, 7) is 12.1. The average Bonchev–Trinajstić information content (AvgIpc) is 2.35. The monoisotopic (exact) mass is 355 g/mol.